The van der Waals surface area contributed by atoms with Crippen molar-refractivity contribution in [2.75, 3.05) is 19.5 Å². The molecule has 3 aromatic carbocycles. The lowest BCUT2D eigenvalue weighted by Gasteiger charge is -2.27. The number of ether oxygens (including phenoxy) is 2. The number of rotatable bonds is 7. The zero-order chi connectivity index (χ0) is 21.5. The molecule has 0 bridgehead atoms. The molecule has 0 aliphatic carbocycles. The maximum Gasteiger partial charge on any atom is 0.174 e. The number of benzene rings is 3. The van der Waals surface area contributed by atoms with Crippen LogP contribution in [0.1, 0.15) is 16.7 Å². The second kappa shape index (κ2) is 10.3. The first-order valence-electron chi connectivity index (χ1n) is 9.57. The normalized spacial score (nSPS) is 10.4. The Balaban J connectivity index is 1.86. The number of nitrogens with one attached hydrogen (secondary N) is 1. The summed E-state index contributed by atoms with van der Waals surface area (Å²) in [7, 11) is 3.31. The molecule has 0 unspecified atom stereocenters. The van der Waals surface area contributed by atoms with Crippen molar-refractivity contribution >= 4 is 34.6 Å². The Kier molecular flexibility index (Phi) is 7.55. The number of halogens is 1. The quantitative estimate of drug-likeness (QED) is 0.451. The highest BCUT2D eigenvalue weighted by atomic mass is 35.5. The predicted octanol–water partition coefficient (Wildman–Crippen LogP) is 6.06. The minimum Gasteiger partial charge on any atom is -0.497 e. The third-order valence-corrected chi connectivity index (χ3v) is 5.46. The van der Waals surface area contributed by atoms with Gasteiger partial charge in [-0.25, -0.2) is 0 Å². The Morgan fingerprint density at radius 3 is 2.37 bits per heavy atom. The zero-order valence-corrected chi connectivity index (χ0v) is 18.9. The number of hydrogen-bond donors (Lipinski definition) is 1. The van der Waals surface area contributed by atoms with Gasteiger partial charge in [-0.2, -0.15) is 0 Å². The molecular formula is C24H25ClN2O2S. The molecule has 4 nitrogen and oxygen atoms in total. The van der Waals surface area contributed by atoms with Crippen LogP contribution < -0.4 is 14.8 Å². The first kappa shape index (κ1) is 21.9. The van der Waals surface area contributed by atoms with Crippen LogP contribution in [-0.2, 0) is 13.1 Å². The van der Waals surface area contributed by atoms with Gasteiger partial charge in [-0.15, -0.1) is 0 Å². The fourth-order valence-corrected chi connectivity index (χ4v) is 3.53. The lowest BCUT2D eigenvalue weighted by molar-refractivity contribution is 0.405. The average Bonchev–Trinajstić information content (AvgIpc) is 2.75. The molecule has 0 aromatic heterocycles. The van der Waals surface area contributed by atoms with Crippen molar-refractivity contribution in [2.45, 2.75) is 20.0 Å². The minimum atomic E-state index is 0.575. The highest BCUT2D eigenvalue weighted by molar-refractivity contribution is 7.80. The second-order valence-corrected chi connectivity index (χ2v) is 7.72. The fourth-order valence-electron chi connectivity index (χ4n) is 3.10. The van der Waals surface area contributed by atoms with Gasteiger partial charge in [0, 0.05) is 18.1 Å². The lowest BCUT2D eigenvalue weighted by atomic mass is 10.1. The van der Waals surface area contributed by atoms with E-state index in [0.29, 0.717) is 23.2 Å². The molecule has 0 fully saturated rings. The number of methoxy groups -OCH3 is 2. The highest BCUT2D eigenvalue weighted by Crippen LogP contribution is 2.27. The number of nitrogens with zero attached hydrogens (tertiary/aromatic N) is 1. The van der Waals surface area contributed by atoms with E-state index in [9.17, 15) is 0 Å². The average molecular weight is 441 g/mol. The van der Waals surface area contributed by atoms with Crippen LogP contribution in [0.4, 0.5) is 5.69 Å². The van der Waals surface area contributed by atoms with Crippen LogP contribution in [0, 0.1) is 6.92 Å². The molecule has 0 amide bonds. The summed E-state index contributed by atoms with van der Waals surface area (Å²) in [6.07, 6.45) is 0. The zero-order valence-electron chi connectivity index (χ0n) is 17.3. The Morgan fingerprint density at radius 2 is 1.70 bits per heavy atom. The van der Waals surface area contributed by atoms with E-state index in [0.717, 1.165) is 33.9 Å². The molecule has 156 valence electrons. The van der Waals surface area contributed by atoms with Crippen molar-refractivity contribution in [1.29, 1.82) is 0 Å². The first-order valence-corrected chi connectivity index (χ1v) is 10.4. The van der Waals surface area contributed by atoms with E-state index in [1.54, 1.807) is 14.2 Å². The summed E-state index contributed by atoms with van der Waals surface area (Å²) in [6.45, 7) is 3.23. The van der Waals surface area contributed by atoms with E-state index in [2.05, 4.69) is 10.2 Å². The van der Waals surface area contributed by atoms with Gasteiger partial charge in [0.15, 0.2) is 5.11 Å². The maximum atomic E-state index is 6.42. The molecule has 0 heterocycles. The lowest BCUT2D eigenvalue weighted by Crippen LogP contribution is -2.34. The molecule has 0 aliphatic heterocycles. The summed E-state index contributed by atoms with van der Waals surface area (Å²) in [5, 5.41) is 4.66. The van der Waals surface area contributed by atoms with Crippen LogP contribution in [-0.4, -0.2) is 24.2 Å². The smallest absolute Gasteiger partial charge is 0.174 e. The third kappa shape index (κ3) is 5.65. The highest BCUT2D eigenvalue weighted by Gasteiger charge is 2.15. The molecule has 0 atom stereocenters. The van der Waals surface area contributed by atoms with E-state index in [1.807, 2.05) is 73.7 Å². The Bertz CT molecular complexity index is 1010. The second-order valence-electron chi connectivity index (χ2n) is 6.93. The minimum absolute atomic E-state index is 0.575. The maximum absolute atomic E-state index is 6.42. The molecule has 3 aromatic rings. The summed E-state index contributed by atoms with van der Waals surface area (Å²) in [5.41, 5.74) is 4.08. The van der Waals surface area contributed by atoms with Crippen molar-refractivity contribution in [3.63, 3.8) is 0 Å². The van der Waals surface area contributed by atoms with Crippen LogP contribution in [0.15, 0.2) is 66.7 Å². The molecule has 1 N–H and O–H groups in total. The van der Waals surface area contributed by atoms with Crippen LogP contribution in [0.25, 0.3) is 0 Å². The van der Waals surface area contributed by atoms with Crippen LogP contribution in [0.2, 0.25) is 5.02 Å². The van der Waals surface area contributed by atoms with Gasteiger partial charge in [0.05, 0.1) is 19.9 Å². The standard InChI is InChI=1S/C24H25ClN2O2S/c1-17-8-13-23(29-3)22(14-17)26-24(30)27(16-19-6-4-5-7-21(19)25)15-18-9-11-20(28-2)12-10-18/h4-14H,15-16H2,1-3H3,(H,26,30). The van der Waals surface area contributed by atoms with Gasteiger partial charge in [0.2, 0.25) is 0 Å². The summed E-state index contributed by atoms with van der Waals surface area (Å²) in [4.78, 5) is 2.08. The number of aryl methyl sites for hydroxylation is 1. The summed E-state index contributed by atoms with van der Waals surface area (Å²) >= 11 is 12.2. The fraction of sp³-hybridized carbons (Fsp3) is 0.208. The summed E-state index contributed by atoms with van der Waals surface area (Å²) in [6, 6.07) is 21.7. The van der Waals surface area contributed by atoms with Gasteiger partial charge >= 0.3 is 0 Å². The van der Waals surface area contributed by atoms with E-state index in [-0.39, 0.29) is 0 Å². The monoisotopic (exact) mass is 440 g/mol. The molecule has 6 heteroatoms. The van der Waals surface area contributed by atoms with Gasteiger partial charge in [-0.3, -0.25) is 0 Å². The van der Waals surface area contributed by atoms with Crippen LogP contribution >= 0.6 is 23.8 Å². The molecule has 0 aliphatic rings. The van der Waals surface area contributed by atoms with Gasteiger partial charge in [0.25, 0.3) is 0 Å². The van der Waals surface area contributed by atoms with Gasteiger partial charge in [0.1, 0.15) is 11.5 Å². The van der Waals surface area contributed by atoms with E-state index in [1.165, 1.54) is 0 Å². The van der Waals surface area contributed by atoms with Crippen molar-refractivity contribution in [2.24, 2.45) is 0 Å². The SMILES string of the molecule is COc1ccc(CN(Cc2ccccc2Cl)C(=S)Nc2cc(C)ccc2OC)cc1. The predicted molar refractivity (Wildman–Crippen MR) is 128 cm³/mol. The van der Waals surface area contributed by atoms with Gasteiger partial charge in [-0.1, -0.05) is 48.0 Å². The molecule has 0 spiro atoms. The Labute approximate surface area is 188 Å². The Morgan fingerprint density at radius 1 is 0.967 bits per heavy atom. The van der Waals surface area contributed by atoms with E-state index in [4.69, 9.17) is 33.3 Å². The summed E-state index contributed by atoms with van der Waals surface area (Å²) in [5.74, 6) is 1.56. The van der Waals surface area contributed by atoms with E-state index < -0.39 is 0 Å². The van der Waals surface area contributed by atoms with Crippen molar-refractivity contribution in [3.05, 3.63) is 88.4 Å². The largest absolute Gasteiger partial charge is 0.497 e. The van der Waals surface area contributed by atoms with Crippen LogP contribution in [0.3, 0.4) is 0 Å². The van der Waals surface area contributed by atoms with Gasteiger partial charge in [-0.05, 0) is 66.2 Å². The van der Waals surface area contributed by atoms with Crippen LogP contribution in [0.5, 0.6) is 11.5 Å². The molecular weight excluding hydrogens is 416 g/mol. The molecule has 3 rings (SSSR count). The number of hydrogen-bond acceptors (Lipinski definition) is 3. The third-order valence-electron chi connectivity index (χ3n) is 4.74. The first-order chi connectivity index (χ1) is 14.5. The molecule has 0 saturated heterocycles. The number of anilines is 1. The molecule has 0 radical (unpaired) electrons. The summed E-state index contributed by atoms with van der Waals surface area (Å²) < 4.78 is 10.8. The van der Waals surface area contributed by atoms with Crippen molar-refractivity contribution in [3.8, 4) is 11.5 Å². The molecule has 0 saturated carbocycles. The Hall–Kier alpha value is -2.76. The van der Waals surface area contributed by atoms with Gasteiger partial charge < -0.3 is 19.7 Å². The van der Waals surface area contributed by atoms with Crippen molar-refractivity contribution < 1.29 is 9.47 Å². The number of thiocarbonyl (C=S) groups is 1. The van der Waals surface area contributed by atoms with E-state index >= 15 is 0 Å². The van der Waals surface area contributed by atoms with Crippen molar-refractivity contribution in [1.82, 2.24) is 4.90 Å². The topological polar surface area (TPSA) is 33.7 Å². The molecule has 30 heavy (non-hydrogen) atoms.